The molecule has 7 nitrogen and oxygen atoms in total. The minimum Gasteiger partial charge on any atom is -0.395 e. The number of aromatic nitrogens is 2. The number of fused-ring (bicyclic) bond motifs is 1. The molecule has 2 aromatic rings. The van der Waals surface area contributed by atoms with Crippen molar-refractivity contribution in [1.82, 2.24) is 14.5 Å². The third-order valence-corrected chi connectivity index (χ3v) is 5.46. The maximum atomic E-state index is 12.5. The molecule has 2 heterocycles. The number of anilines is 1. The predicted octanol–water partition coefficient (Wildman–Crippen LogP) is 1.00. The van der Waals surface area contributed by atoms with Crippen molar-refractivity contribution in [1.29, 1.82) is 0 Å². The van der Waals surface area contributed by atoms with Crippen LogP contribution in [-0.2, 0) is 11.3 Å². The van der Waals surface area contributed by atoms with E-state index in [1.54, 1.807) is 6.07 Å². The highest BCUT2D eigenvalue weighted by atomic mass is 16.3. The first-order valence-electron chi connectivity index (χ1n) is 9.46. The Bertz CT molecular complexity index is 920. The van der Waals surface area contributed by atoms with Gasteiger partial charge in [0.1, 0.15) is 0 Å². The normalized spacial score (nSPS) is 17.8. The van der Waals surface area contributed by atoms with Crippen molar-refractivity contribution >= 4 is 22.5 Å². The number of hydrogen-bond donors (Lipinski definition) is 1. The Morgan fingerprint density at radius 3 is 2.59 bits per heavy atom. The van der Waals surface area contributed by atoms with E-state index in [2.05, 4.69) is 22.0 Å². The average Bonchev–Trinajstić information content (AvgIpc) is 3.24. The molecule has 1 aromatic heterocycles. The molecule has 27 heavy (non-hydrogen) atoms. The van der Waals surface area contributed by atoms with E-state index in [9.17, 15) is 9.59 Å². The number of rotatable bonds is 4. The van der Waals surface area contributed by atoms with Crippen molar-refractivity contribution in [3.63, 3.8) is 0 Å². The number of carbonyl (C=O) groups is 1. The van der Waals surface area contributed by atoms with Gasteiger partial charge in [0, 0.05) is 37.8 Å². The zero-order valence-electron chi connectivity index (χ0n) is 15.3. The number of aliphatic hydroxyl groups is 1. The molecular formula is C20H24N4O3. The predicted molar refractivity (Wildman–Crippen MR) is 104 cm³/mol. The van der Waals surface area contributed by atoms with E-state index in [4.69, 9.17) is 5.11 Å². The van der Waals surface area contributed by atoms with Crippen LogP contribution in [0.4, 0.5) is 5.69 Å². The van der Waals surface area contributed by atoms with Crippen LogP contribution < -0.4 is 10.5 Å². The van der Waals surface area contributed by atoms with Crippen molar-refractivity contribution in [3.05, 3.63) is 47.0 Å². The SMILES string of the molecule is O=C(C1CC=CC1)N1CCN(c2ccc3c(=O)n(CCO)cnc3c2)CC1. The Morgan fingerprint density at radius 2 is 1.89 bits per heavy atom. The van der Waals surface area contributed by atoms with Crippen LogP contribution in [0, 0.1) is 5.92 Å². The summed E-state index contributed by atoms with van der Waals surface area (Å²) in [6.07, 6.45) is 7.40. The summed E-state index contributed by atoms with van der Waals surface area (Å²) in [5, 5.41) is 9.59. The summed E-state index contributed by atoms with van der Waals surface area (Å²) in [4.78, 5) is 33.5. The molecule has 1 aliphatic heterocycles. The maximum Gasteiger partial charge on any atom is 0.261 e. The van der Waals surface area contributed by atoms with Gasteiger partial charge in [0.05, 0.1) is 30.4 Å². The molecule has 4 rings (SSSR count). The van der Waals surface area contributed by atoms with Crippen LogP contribution in [0.2, 0.25) is 0 Å². The summed E-state index contributed by atoms with van der Waals surface area (Å²) in [7, 11) is 0. The molecule has 1 N–H and O–H groups in total. The fraction of sp³-hybridized carbons (Fsp3) is 0.450. The Morgan fingerprint density at radius 1 is 1.15 bits per heavy atom. The van der Waals surface area contributed by atoms with Crippen LogP contribution in [-0.4, -0.2) is 58.3 Å². The second-order valence-electron chi connectivity index (χ2n) is 7.12. The van der Waals surface area contributed by atoms with E-state index in [1.165, 1.54) is 10.9 Å². The third kappa shape index (κ3) is 3.47. The zero-order chi connectivity index (χ0) is 18.8. The topological polar surface area (TPSA) is 78.7 Å². The molecule has 7 heteroatoms. The van der Waals surface area contributed by atoms with E-state index >= 15 is 0 Å². The quantitative estimate of drug-likeness (QED) is 0.815. The number of amides is 1. The van der Waals surface area contributed by atoms with Crippen molar-refractivity contribution in [2.24, 2.45) is 5.92 Å². The summed E-state index contributed by atoms with van der Waals surface area (Å²) in [5.41, 5.74) is 1.53. The van der Waals surface area contributed by atoms with Crippen LogP contribution in [0.15, 0.2) is 41.5 Å². The van der Waals surface area contributed by atoms with Crippen molar-refractivity contribution in [2.45, 2.75) is 19.4 Å². The molecule has 1 amide bonds. The van der Waals surface area contributed by atoms with Crippen LogP contribution >= 0.6 is 0 Å². The lowest BCUT2D eigenvalue weighted by Gasteiger charge is -2.37. The van der Waals surface area contributed by atoms with E-state index in [0.717, 1.165) is 44.7 Å². The first kappa shape index (κ1) is 17.7. The van der Waals surface area contributed by atoms with Crippen molar-refractivity contribution < 1.29 is 9.90 Å². The summed E-state index contributed by atoms with van der Waals surface area (Å²) in [5.74, 6) is 0.395. The summed E-state index contributed by atoms with van der Waals surface area (Å²) in [6.45, 7) is 3.15. The lowest BCUT2D eigenvalue weighted by atomic mass is 10.1. The van der Waals surface area contributed by atoms with Crippen LogP contribution in [0.3, 0.4) is 0 Å². The highest BCUT2D eigenvalue weighted by Crippen LogP contribution is 2.23. The molecule has 1 saturated heterocycles. The monoisotopic (exact) mass is 368 g/mol. The Labute approximate surface area is 157 Å². The summed E-state index contributed by atoms with van der Waals surface area (Å²) >= 11 is 0. The molecule has 142 valence electrons. The largest absolute Gasteiger partial charge is 0.395 e. The van der Waals surface area contributed by atoms with E-state index in [1.807, 2.05) is 17.0 Å². The van der Waals surface area contributed by atoms with Gasteiger partial charge in [-0.1, -0.05) is 12.2 Å². The van der Waals surface area contributed by atoms with Gasteiger partial charge in [-0.05, 0) is 31.0 Å². The van der Waals surface area contributed by atoms with Gasteiger partial charge < -0.3 is 14.9 Å². The molecule has 2 aliphatic rings. The molecular weight excluding hydrogens is 344 g/mol. The smallest absolute Gasteiger partial charge is 0.261 e. The van der Waals surface area contributed by atoms with E-state index in [-0.39, 0.29) is 30.5 Å². The van der Waals surface area contributed by atoms with Gasteiger partial charge in [-0.15, -0.1) is 0 Å². The number of aliphatic hydroxyl groups excluding tert-OH is 1. The molecule has 0 radical (unpaired) electrons. The molecule has 1 aliphatic carbocycles. The summed E-state index contributed by atoms with van der Waals surface area (Å²) in [6, 6.07) is 5.67. The number of nitrogens with zero attached hydrogens (tertiary/aromatic N) is 4. The van der Waals surface area contributed by atoms with Crippen molar-refractivity contribution in [2.75, 3.05) is 37.7 Å². The van der Waals surface area contributed by atoms with E-state index < -0.39 is 0 Å². The lowest BCUT2D eigenvalue weighted by molar-refractivity contribution is -0.135. The second kappa shape index (κ2) is 7.52. The fourth-order valence-electron chi connectivity index (χ4n) is 3.87. The first-order chi connectivity index (χ1) is 13.2. The molecule has 0 atom stereocenters. The zero-order valence-corrected chi connectivity index (χ0v) is 15.3. The first-order valence-corrected chi connectivity index (χ1v) is 9.46. The van der Waals surface area contributed by atoms with Gasteiger partial charge in [-0.3, -0.25) is 14.2 Å². The van der Waals surface area contributed by atoms with Crippen LogP contribution in [0.5, 0.6) is 0 Å². The van der Waals surface area contributed by atoms with Gasteiger partial charge in [0.15, 0.2) is 0 Å². The van der Waals surface area contributed by atoms with Crippen molar-refractivity contribution in [3.8, 4) is 0 Å². The van der Waals surface area contributed by atoms with Gasteiger partial charge >= 0.3 is 0 Å². The van der Waals surface area contributed by atoms with Crippen LogP contribution in [0.25, 0.3) is 10.9 Å². The Balaban J connectivity index is 1.46. The minimum atomic E-state index is -0.138. The Kier molecular flexibility index (Phi) is 4.94. The Hall–Kier alpha value is -2.67. The maximum absolute atomic E-state index is 12.5. The van der Waals surface area contributed by atoms with Gasteiger partial charge in [0.2, 0.25) is 5.91 Å². The number of carbonyl (C=O) groups excluding carboxylic acids is 1. The average molecular weight is 368 g/mol. The molecule has 0 spiro atoms. The number of hydrogen-bond acceptors (Lipinski definition) is 5. The second-order valence-corrected chi connectivity index (χ2v) is 7.12. The van der Waals surface area contributed by atoms with Gasteiger partial charge in [-0.2, -0.15) is 0 Å². The number of piperazine rings is 1. The number of benzene rings is 1. The minimum absolute atomic E-state index is 0.0922. The highest BCUT2D eigenvalue weighted by Gasteiger charge is 2.27. The molecule has 0 unspecified atom stereocenters. The molecule has 1 aromatic carbocycles. The lowest BCUT2D eigenvalue weighted by Crippen LogP contribution is -2.50. The molecule has 0 saturated carbocycles. The fourth-order valence-corrected chi connectivity index (χ4v) is 3.87. The standard InChI is InChI=1S/C20H24N4O3/c25-12-11-24-14-21-18-13-16(5-6-17(18)20(24)27)22-7-9-23(10-8-22)19(26)15-3-1-2-4-15/h1-2,5-6,13-15,25H,3-4,7-12H2. The van der Waals surface area contributed by atoms with E-state index in [0.29, 0.717) is 10.9 Å². The highest BCUT2D eigenvalue weighted by molar-refractivity contribution is 5.82. The van der Waals surface area contributed by atoms with Crippen LogP contribution in [0.1, 0.15) is 12.8 Å². The number of allylic oxidation sites excluding steroid dienone is 2. The van der Waals surface area contributed by atoms with Gasteiger partial charge in [0.25, 0.3) is 5.56 Å². The molecule has 0 bridgehead atoms. The molecule has 1 fully saturated rings. The third-order valence-electron chi connectivity index (χ3n) is 5.46. The van der Waals surface area contributed by atoms with Gasteiger partial charge in [-0.25, -0.2) is 4.98 Å². The summed E-state index contributed by atoms with van der Waals surface area (Å²) < 4.78 is 1.42.